The molecule has 2 bridgehead atoms. The Bertz CT molecular complexity index is 1060. The number of likely N-dealkylation sites (tertiary alicyclic amines) is 1. The van der Waals surface area contributed by atoms with Gasteiger partial charge in [-0.05, 0) is 44.4 Å². The lowest BCUT2D eigenvalue weighted by molar-refractivity contribution is -0.185. The van der Waals surface area contributed by atoms with E-state index in [1.165, 1.54) is 0 Å². The lowest BCUT2D eigenvalue weighted by Crippen LogP contribution is -2.76. The van der Waals surface area contributed by atoms with Crippen LogP contribution in [-0.2, 0) is 16.6 Å². The average Bonchev–Trinajstić information content (AvgIpc) is 2.91. The highest BCUT2D eigenvalue weighted by Crippen LogP contribution is 2.64. The minimum atomic E-state index is -2.99. The van der Waals surface area contributed by atoms with Crippen molar-refractivity contribution < 1.29 is 31.7 Å². The van der Waals surface area contributed by atoms with E-state index in [0.29, 0.717) is 0 Å². The highest BCUT2D eigenvalue weighted by molar-refractivity contribution is 5.90. The quantitative estimate of drug-likeness (QED) is 0.837. The summed E-state index contributed by atoms with van der Waals surface area (Å²) < 4.78 is 82.9. The van der Waals surface area contributed by atoms with Crippen LogP contribution >= 0.6 is 0 Å². The summed E-state index contributed by atoms with van der Waals surface area (Å²) in [6, 6.07) is -2.03. The third-order valence-corrected chi connectivity index (χ3v) is 5.96. The van der Waals surface area contributed by atoms with Gasteiger partial charge >= 0.3 is 0 Å². The second kappa shape index (κ2) is 4.08. The summed E-state index contributed by atoms with van der Waals surface area (Å²) in [4.78, 5) is 14.2. The molecule has 1 N–H and O–H groups in total. The SMILES string of the molecule is [2H]c1c([2H])c(OC([2H])([2H])[2H])c2c3c1C[C@H]1N(C([2H])([2H])[2H])CC[C@@]34C([2H])(O2)C(=O)CC[C@@]14O. The van der Waals surface area contributed by atoms with Gasteiger partial charge < -0.3 is 19.5 Å². The van der Waals surface area contributed by atoms with Gasteiger partial charge in [0.15, 0.2) is 23.4 Å². The zero-order valence-electron chi connectivity index (χ0n) is 21.2. The Hall–Kier alpha value is -1.59. The molecule has 5 heteroatoms. The van der Waals surface area contributed by atoms with E-state index in [2.05, 4.69) is 0 Å². The van der Waals surface area contributed by atoms with Gasteiger partial charge in [0.2, 0.25) is 0 Å². The van der Waals surface area contributed by atoms with Gasteiger partial charge in [-0.15, -0.1) is 0 Å². The minimum Gasteiger partial charge on any atom is -0.493 e. The molecule has 2 heterocycles. The van der Waals surface area contributed by atoms with Crippen LogP contribution in [0.5, 0.6) is 11.5 Å². The molecule has 2 fully saturated rings. The number of ether oxygens (including phenoxy) is 2. The van der Waals surface area contributed by atoms with Crippen molar-refractivity contribution in [2.45, 2.75) is 48.8 Å². The van der Waals surface area contributed by atoms with Gasteiger partial charge in [0, 0.05) is 22.1 Å². The number of nitrogens with zero attached hydrogens (tertiary/aromatic N) is 1. The van der Waals surface area contributed by atoms with Crippen molar-refractivity contribution in [2.75, 3.05) is 20.6 Å². The molecular formula is C18H21NO4. The first-order valence-electron chi connectivity index (χ1n) is 12.2. The Morgan fingerprint density at radius 3 is 3.30 bits per heavy atom. The Balaban J connectivity index is 1.86. The van der Waals surface area contributed by atoms with Gasteiger partial charge in [-0.25, -0.2) is 0 Å². The summed E-state index contributed by atoms with van der Waals surface area (Å²) in [7, 11) is -2.99. The Morgan fingerprint density at radius 2 is 2.48 bits per heavy atom. The molecule has 5 nitrogen and oxygen atoms in total. The van der Waals surface area contributed by atoms with Crippen molar-refractivity contribution in [1.29, 1.82) is 0 Å². The van der Waals surface area contributed by atoms with E-state index in [-0.39, 0.29) is 49.1 Å². The Kier molecular flexibility index (Phi) is 1.34. The molecule has 4 aliphatic rings. The van der Waals surface area contributed by atoms with Crippen molar-refractivity contribution in [2.24, 2.45) is 0 Å². The summed E-state index contributed by atoms with van der Waals surface area (Å²) in [5.41, 5.74) is -3.25. The number of carbonyl (C=O) groups is 1. The normalized spacial score (nSPS) is 50.6. The molecule has 2 aliphatic heterocycles. The molecule has 1 spiro atoms. The van der Waals surface area contributed by atoms with E-state index in [1.807, 2.05) is 0 Å². The number of hydrogen-bond donors (Lipinski definition) is 1. The molecule has 1 unspecified atom stereocenters. The predicted molar refractivity (Wildman–Crippen MR) is 83.0 cm³/mol. The molecule has 1 saturated heterocycles. The summed E-state index contributed by atoms with van der Waals surface area (Å²) >= 11 is 0. The maximum Gasteiger partial charge on any atom is 0.174 e. The van der Waals surface area contributed by atoms with Crippen molar-refractivity contribution in [3.8, 4) is 11.5 Å². The molecule has 1 aromatic rings. The molecule has 0 amide bonds. The van der Waals surface area contributed by atoms with Gasteiger partial charge in [0.1, 0.15) is 0 Å². The molecular weight excluding hydrogens is 294 g/mol. The van der Waals surface area contributed by atoms with Crippen LogP contribution in [0.4, 0.5) is 0 Å². The lowest BCUT2D eigenvalue weighted by Gasteiger charge is -2.62. The number of benzene rings is 1. The van der Waals surface area contributed by atoms with E-state index in [1.54, 1.807) is 0 Å². The highest BCUT2D eigenvalue weighted by atomic mass is 16.5. The first-order chi connectivity index (χ1) is 14.6. The van der Waals surface area contributed by atoms with Crippen LogP contribution < -0.4 is 9.47 Å². The number of aliphatic hydroxyl groups is 1. The van der Waals surface area contributed by atoms with Crippen molar-refractivity contribution >= 4 is 5.78 Å². The summed E-state index contributed by atoms with van der Waals surface area (Å²) in [6.07, 6.45) is -2.93. The molecule has 1 saturated carbocycles. The molecule has 0 radical (unpaired) electrons. The second-order valence-electron chi connectivity index (χ2n) is 6.71. The number of likely N-dealkylation sites (N-methyl/N-ethyl adjacent to an activating group) is 1. The highest BCUT2D eigenvalue weighted by Gasteiger charge is 2.72. The monoisotopic (exact) mass is 324 g/mol. The van der Waals surface area contributed by atoms with E-state index in [0.717, 1.165) is 4.90 Å². The molecule has 5 rings (SSSR count). The van der Waals surface area contributed by atoms with Crippen molar-refractivity contribution in [3.05, 3.63) is 23.2 Å². The molecule has 1 aromatic carbocycles. The summed E-state index contributed by atoms with van der Waals surface area (Å²) in [6.45, 7) is -2.63. The van der Waals surface area contributed by atoms with Crippen LogP contribution in [0.2, 0.25) is 0 Å². The first-order valence-corrected chi connectivity index (χ1v) is 7.65. The van der Waals surface area contributed by atoms with Gasteiger partial charge in [-0.2, -0.15) is 0 Å². The fraction of sp³-hybridized carbons (Fsp3) is 0.611. The fourth-order valence-electron chi connectivity index (χ4n) is 5.00. The van der Waals surface area contributed by atoms with Crippen molar-refractivity contribution in [1.82, 2.24) is 4.90 Å². The maximum atomic E-state index is 13.0. The van der Waals surface area contributed by atoms with Crippen LogP contribution in [0.25, 0.3) is 0 Å². The topological polar surface area (TPSA) is 59.0 Å². The maximum absolute atomic E-state index is 13.0. The Morgan fingerprint density at radius 1 is 1.57 bits per heavy atom. The molecule has 122 valence electrons. The number of piperidine rings is 1. The first kappa shape index (κ1) is 7.53. The lowest BCUT2D eigenvalue weighted by atomic mass is 9.49. The average molecular weight is 324 g/mol. The Labute approximate surface area is 147 Å². The summed E-state index contributed by atoms with van der Waals surface area (Å²) in [5.74, 6) is -1.50. The summed E-state index contributed by atoms with van der Waals surface area (Å²) in [5, 5.41) is 12.0. The molecule has 0 aromatic heterocycles. The third kappa shape index (κ3) is 1.32. The van der Waals surface area contributed by atoms with Crippen LogP contribution in [0.15, 0.2) is 12.1 Å². The van der Waals surface area contributed by atoms with E-state index >= 15 is 0 Å². The largest absolute Gasteiger partial charge is 0.493 e. The van der Waals surface area contributed by atoms with Gasteiger partial charge in [0.25, 0.3) is 0 Å². The zero-order chi connectivity index (χ0) is 23.6. The zero-order valence-corrected chi connectivity index (χ0v) is 12.2. The van der Waals surface area contributed by atoms with Crippen LogP contribution in [-0.4, -0.2) is 54.1 Å². The number of rotatable bonds is 1. The molecule has 4 atom stereocenters. The minimum absolute atomic E-state index is 0.0644. The standard InChI is InChI=1S/C18H21NO4/c1-19-8-7-17-14-10-3-4-12(22-2)15(14)23-16(17)11(20)5-6-18(17,21)13(19)9-10/h3-4,13,16,21H,5-9H2,1-2H3/t13-,16?,17+,18-/m1/s1/i1D3,2D3,3D,4D,16D. The van der Waals surface area contributed by atoms with E-state index in [4.69, 9.17) is 21.8 Å². The van der Waals surface area contributed by atoms with E-state index in [9.17, 15) is 9.90 Å². The smallest absolute Gasteiger partial charge is 0.174 e. The number of hydrogen-bond acceptors (Lipinski definition) is 5. The predicted octanol–water partition coefficient (Wildman–Crippen LogP) is 1.05. The number of carbonyl (C=O) groups excluding carboxylic acids is 1. The molecule has 2 aliphatic carbocycles. The number of ketones is 1. The fourth-order valence-corrected chi connectivity index (χ4v) is 5.00. The van der Waals surface area contributed by atoms with Gasteiger partial charge in [0.05, 0.1) is 26.3 Å². The van der Waals surface area contributed by atoms with E-state index < -0.39 is 60.8 Å². The second-order valence-corrected chi connectivity index (χ2v) is 6.71. The third-order valence-electron chi connectivity index (χ3n) is 5.96. The van der Waals surface area contributed by atoms with Gasteiger partial charge in [-0.3, -0.25) is 4.79 Å². The van der Waals surface area contributed by atoms with Crippen LogP contribution in [0, 0.1) is 0 Å². The number of methoxy groups -OCH3 is 1. The van der Waals surface area contributed by atoms with Crippen LogP contribution in [0.1, 0.15) is 42.7 Å². The van der Waals surface area contributed by atoms with Gasteiger partial charge in [-0.1, -0.05) is 6.04 Å². The van der Waals surface area contributed by atoms with Crippen LogP contribution in [0.3, 0.4) is 0 Å². The molecule has 23 heavy (non-hydrogen) atoms. The number of Topliss-reactive ketones (excluding diaryl/α,β-unsaturated/α-hetero) is 1. The van der Waals surface area contributed by atoms with Crippen molar-refractivity contribution in [3.63, 3.8) is 0 Å².